The van der Waals surface area contributed by atoms with E-state index in [1.54, 1.807) is 6.33 Å². The largest absolute Gasteiger partial charge is 0.478 e. The van der Waals surface area contributed by atoms with Crippen LogP contribution in [0.4, 0.5) is 5.82 Å². The van der Waals surface area contributed by atoms with Crippen molar-refractivity contribution in [1.29, 1.82) is 0 Å². The average molecular weight is 237 g/mol. The highest BCUT2D eigenvalue weighted by Gasteiger charge is 1.98. The molecule has 17 heavy (non-hydrogen) atoms. The maximum absolute atomic E-state index is 5.45. The summed E-state index contributed by atoms with van der Waals surface area (Å²) in [5, 5.41) is 3.29. The van der Waals surface area contributed by atoms with Crippen LogP contribution in [0.2, 0.25) is 0 Å². The van der Waals surface area contributed by atoms with Gasteiger partial charge in [0.2, 0.25) is 5.88 Å². The lowest BCUT2D eigenvalue weighted by molar-refractivity contribution is 0.305. The topological polar surface area (TPSA) is 47.0 Å². The van der Waals surface area contributed by atoms with E-state index in [-0.39, 0.29) is 0 Å². The Labute approximate surface area is 104 Å². The van der Waals surface area contributed by atoms with Crippen molar-refractivity contribution in [2.45, 2.75) is 46.0 Å². The Morgan fingerprint density at radius 3 is 2.76 bits per heavy atom. The quantitative estimate of drug-likeness (QED) is 0.670. The van der Waals surface area contributed by atoms with Gasteiger partial charge in [-0.3, -0.25) is 0 Å². The second kappa shape index (κ2) is 8.79. The molecule has 0 bridgehead atoms. The van der Waals surface area contributed by atoms with Crippen molar-refractivity contribution in [1.82, 2.24) is 9.97 Å². The predicted molar refractivity (Wildman–Crippen MR) is 70.4 cm³/mol. The lowest BCUT2D eigenvalue weighted by Crippen LogP contribution is -2.05. The van der Waals surface area contributed by atoms with Gasteiger partial charge < -0.3 is 10.1 Å². The molecule has 4 nitrogen and oxygen atoms in total. The molecule has 0 atom stereocenters. The fraction of sp³-hybridized carbons (Fsp3) is 0.692. The first kappa shape index (κ1) is 13.7. The molecule has 0 fully saturated rings. The van der Waals surface area contributed by atoms with Crippen LogP contribution in [0.1, 0.15) is 46.0 Å². The highest BCUT2D eigenvalue weighted by Crippen LogP contribution is 2.11. The molecule has 1 aromatic rings. The first-order chi connectivity index (χ1) is 8.36. The van der Waals surface area contributed by atoms with E-state index in [1.165, 1.54) is 25.7 Å². The second-order valence-corrected chi connectivity index (χ2v) is 4.08. The van der Waals surface area contributed by atoms with Crippen LogP contribution in [0.3, 0.4) is 0 Å². The molecule has 1 N–H and O–H groups in total. The number of rotatable bonds is 9. The van der Waals surface area contributed by atoms with Gasteiger partial charge in [0.25, 0.3) is 0 Å². The fourth-order valence-electron chi connectivity index (χ4n) is 1.49. The maximum Gasteiger partial charge on any atom is 0.218 e. The number of ether oxygens (including phenoxy) is 1. The molecule has 0 aliphatic heterocycles. The van der Waals surface area contributed by atoms with Crippen LogP contribution >= 0.6 is 0 Å². The third-order valence-electron chi connectivity index (χ3n) is 2.43. The van der Waals surface area contributed by atoms with E-state index in [0.29, 0.717) is 12.5 Å². The minimum absolute atomic E-state index is 0.651. The molecule has 0 spiro atoms. The lowest BCUT2D eigenvalue weighted by Gasteiger charge is -2.07. The van der Waals surface area contributed by atoms with E-state index in [2.05, 4.69) is 29.1 Å². The Morgan fingerprint density at radius 1 is 1.12 bits per heavy atom. The summed E-state index contributed by atoms with van der Waals surface area (Å²) in [4.78, 5) is 8.22. The van der Waals surface area contributed by atoms with Crippen LogP contribution in [0, 0.1) is 0 Å². The monoisotopic (exact) mass is 237 g/mol. The molecule has 0 aromatic carbocycles. The Morgan fingerprint density at radius 2 is 2.00 bits per heavy atom. The van der Waals surface area contributed by atoms with Crippen LogP contribution in [-0.4, -0.2) is 23.1 Å². The average Bonchev–Trinajstić information content (AvgIpc) is 2.37. The molecule has 0 unspecified atom stereocenters. The van der Waals surface area contributed by atoms with Crippen molar-refractivity contribution in [2.24, 2.45) is 0 Å². The molecule has 1 rings (SSSR count). The van der Waals surface area contributed by atoms with E-state index >= 15 is 0 Å². The highest BCUT2D eigenvalue weighted by atomic mass is 16.5. The zero-order chi connectivity index (χ0) is 12.3. The molecule has 0 aliphatic carbocycles. The first-order valence-corrected chi connectivity index (χ1v) is 6.55. The molecule has 0 amide bonds. The fourth-order valence-corrected chi connectivity index (χ4v) is 1.49. The van der Waals surface area contributed by atoms with Gasteiger partial charge in [-0.2, -0.15) is 0 Å². The molecule has 1 heterocycles. The van der Waals surface area contributed by atoms with E-state index in [4.69, 9.17) is 4.74 Å². The van der Waals surface area contributed by atoms with Crippen molar-refractivity contribution >= 4 is 5.82 Å². The molecule has 4 heteroatoms. The predicted octanol–water partition coefficient (Wildman–Crippen LogP) is 3.26. The zero-order valence-electron chi connectivity index (χ0n) is 10.9. The molecular formula is C13H23N3O. The standard InChI is InChI=1S/C13H23N3O/c1-3-5-6-7-8-14-12-10-13(16-11-15-12)17-9-4-2/h10-11H,3-9H2,1-2H3,(H,14,15,16). The van der Waals surface area contributed by atoms with Crippen LogP contribution < -0.4 is 10.1 Å². The van der Waals surface area contributed by atoms with Crippen molar-refractivity contribution in [2.75, 3.05) is 18.5 Å². The summed E-state index contributed by atoms with van der Waals surface area (Å²) in [7, 11) is 0. The number of anilines is 1. The molecule has 0 radical (unpaired) electrons. The van der Waals surface area contributed by atoms with Gasteiger partial charge in [0, 0.05) is 12.6 Å². The van der Waals surface area contributed by atoms with Crippen molar-refractivity contribution < 1.29 is 4.74 Å². The van der Waals surface area contributed by atoms with Crippen LogP contribution in [0.15, 0.2) is 12.4 Å². The van der Waals surface area contributed by atoms with Crippen molar-refractivity contribution in [3.05, 3.63) is 12.4 Å². The third kappa shape index (κ3) is 6.09. The van der Waals surface area contributed by atoms with Crippen LogP contribution in [0.5, 0.6) is 5.88 Å². The minimum Gasteiger partial charge on any atom is -0.478 e. The molecule has 0 aliphatic rings. The minimum atomic E-state index is 0.651. The number of aromatic nitrogens is 2. The third-order valence-corrected chi connectivity index (χ3v) is 2.43. The van der Waals surface area contributed by atoms with Gasteiger partial charge >= 0.3 is 0 Å². The number of hydrogen-bond donors (Lipinski definition) is 1. The van der Waals surface area contributed by atoms with Gasteiger partial charge in [0.05, 0.1) is 6.61 Å². The Hall–Kier alpha value is -1.32. The van der Waals surface area contributed by atoms with Crippen molar-refractivity contribution in [3.8, 4) is 5.88 Å². The van der Waals surface area contributed by atoms with E-state index in [0.717, 1.165) is 18.8 Å². The van der Waals surface area contributed by atoms with Crippen LogP contribution in [-0.2, 0) is 0 Å². The number of nitrogens with one attached hydrogen (secondary N) is 1. The SMILES string of the molecule is CCCCCCNc1cc(OCCC)ncn1. The summed E-state index contributed by atoms with van der Waals surface area (Å²) < 4.78 is 5.45. The number of unbranched alkanes of at least 4 members (excludes halogenated alkanes) is 3. The first-order valence-electron chi connectivity index (χ1n) is 6.55. The summed E-state index contributed by atoms with van der Waals surface area (Å²) in [5.41, 5.74) is 0. The smallest absolute Gasteiger partial charge is 0.218 e. The second-order valence-electron chi connectivity index (χ2n) is 4.08. The Balaban J connectivity index is 2.27. The van der Waals surface area contributed by atoms with Gasteiger partial charge in [0.1, 0.15) is 12.1 Å². The zero-order valence-corrected chi connectivity index (χ0v) is 10.9. The molecule has 96 valence electrons. The summed E-state index contributed by atoms with van der Waals surface area (Å²) in [6, 6.07) is 1.86. The normalized spacial score (nSPS) is 10.2. The Bertz CT molecular complexity index is 304. The van der Waals surface area contributed by atoms with Gasteiger partial charge in [0.15, 0.2) is 0 Å². The molecule has 1 aromatic heterocycles. The molecule has 0 saturated carbocycles. The van der Waals surface area contributed by atoms with E-state index < -0.39 is 0 Å². The van der Waals surface area contributed by atoms with E-state index in [1.807, 2.05) is 6.07 Å². The number of hydrogen-bond acceptors (Lipinski definition) is 4. The van der Waals surface area contributed by atoms with Gasteiger partial charge in [-0.05, 0) is 12.8 Å². The molecular weight excluding hydrogens is 214 g/mol. The van der Waals surface area contributed by atoms with Crippen molar-refractivity contribution in [3.63, 3.8) is 0 Å². The highest BCUT2D eigenvalue weighted by molar-refractivity contribution is 5.36. The van der Waals surface area contributed by atoms with Gasteiger partial charge in [-0.25, -0.2) is 9.97 Å². The summed E-state index contributed by atoms with van der Waals surface area (Å²) >= 11 is 0. The van der Waals surface area contributed by atoms with Crippen LogP contribution in [0.25, 0.3) is 0 Å². The summed E-state index contributed by atoms with van der Waals surface area (Å²) in [5.74, 6) is 1.50. The van der Waals surface area contributed by atoms with E-state index in [9.17, 15) is 0 Å². The summed E-state index contributed by atoms with van der Waals surface area (Å²) in [6.45, 7) is 5.96. The number of nitrogens with zero attached hydrogens (tertiary/aromatic N) is 2. The Kier molecular flexibility index (Phi) is 7.11. The van der Waals surface area contributed by atoms with Gasteiger partial charge in [-0.15, -0.1) is 0 Å². The van der Waals surface area contributed by atoms with Gasteiger partial charge in [-0.1, -0.05) is 33.1 Å². The maximum atomic E-state index is 5.45. The lowest BCUT2D eigenvalue weighted by atomic mass is 10.2. The summed E-state index contributed by atoms with van der Waals surface area (Å²) in [6.07, 6.45) is 7.55. The molecule has 0 saturated heterocycles.